The van der Waals surface area contributed by atoms with E-state index in [2.05, 4.69) is 15.6 Å². The summed E-state index contributed by atoms with van der Waals surface area (Å²) < 4.78 is 0. The fourth-order valence-electron chi connectivity index (χ4n) is 0.958. The van der Waals surface area contributed by atoms with Crippen LogP contribution in [0.5, 0.6) is 0 Å². The van der Waals surface area contributed by atoms with Crippen LogP contribution in [0.1, 0.15) is 5.69 Å². The number of nitrogens with one attached hydrogen (secondary N) is 2. The number of carbonyl (C=O) groups excluding carboxylic acids is 1. The third kappa shape index (κ3) is 3.12. The van der Waals surface area contributed by atoms with Crippen LogP contribution in [0.3, 0.4) is 0 Å². The zero-order valence-corrected chi connectivity index (χ0v) is 7.95. The molecule has 1 aromatic heterocycles. The number of rotatable bonds is 4. The molecule has 3 N–H and O–H groups in total. The van der Waals surface area contributed by atoms with E-state index in [1.807, 2.05) is 0 Å². The van der Waals surface area contributed by atoms with Crippen LogP contribution in [-0.2, 0) is 11.4 Å². The van der Waals surface area contributed by atoms with E-state index in [0.29, 0.717) is 11.4 Å². The lowest BCUT2D eigenvalue weighted by atomic mass is 10.3. The Labute approximate surface area is 82.2 Å². The van der Waals surface area contributed by atoms with Crippen LogP contribution in [0.15, 0.2) is 18.3 Å². The van der Waals surface area contributed by atoms with Gasteiger partial charge in [0.1, 0.15) is 0 Å². The number of aromatic nitrogens is 1. The summed E-state index contributed by atoms with van der Waals surface area (Å²) in [5.74, 6) is -0.119. The maximum absolute atomic E-state index is 11.1. The predicted molar refractivity (Wildman–Crippen MR) is 52.7 cm³/mol. The van der Waals surface area contributed by atoms with Gasteiger partial charge in [-0.1, -0.05) is 0 Å². The number of aliphatic hydroxyl groups is 1. The van der Waals surface area contributed by atoms with Crippen LogP contribution in [0.4, 0.5) is 5.69 Å². The molecule has 1 rings (SSSR count). The van der Waals surface area contributed by atoms with Crippen molar-refractivity contribution in [2.45, 2.75) is 6.61 Å². The SMILES string of the molecule is CNCC(=O)Nc1ccc(CO)nc1. The lowest BCUT2D eigenvalue weighted by molar-refractivity contribution is -0.115. The molecule has 0 saturated heterocycles. The average Bonchev–Trinajstić information content (AvgIpc) is 2.19. The number of aliphatic hydroxyl groups excluding tert-OH is 1. The number of amides is 1. The van der Waals surface area contributed by atoms with E-state index in [-0.39, 0.29) is 19.1 Å². The first-order chi connectivity index (χ1) is 6.76. The summed E-state index contributed by atoms with van der Waals surface area (Å²) >= 11 is 0. The number of anilines is 1. The first-order valence-corrected chi connectivity index (χ1v) is 4.26. The summed E-state index contributed by atoms with van der Waals surface area (Å²) in [5.41, 5.74) is 1.21. The topological polar surface area (TPSA) is 74.2 Å². The van der Waals surface area contributed by atoms with Crippen molar-refractivity contribution in [1.29, 1.82) is 0 Å². The average molecular weight is 195 g/mol. The predicted octanol–water partition coefficient (Wildman–Crippen LogP) is -0.268. The Hall–Kier alpha value is -1.46. The van der Waals surface area contributed by atoms with E-state index in [1.54, 1.807) is 19.2 Å². The smallest absolute Gasteiger partial charge is 0.238 e. The van der Waals surface area contributed by atoms with E-state index in [4.69, 9.17) is 5.11 Å². The Morgan fingerprint density at radius 1 is 1.57 bits per heavy atom. The molecule has 5 heteroatoms. The van der Waals surface area contributed by atoms with Gasteiger partial charge in [-0.2, -0.15) is 0 Å². The number of carbonyl (C=O) groups is 1. The summed E-state index contributed by atoms with van der Waals surface area (Å²) in [6.45, 7) is 0.173. The van der Waals surface area contributed by atoms with Gasteiger partial charge in [0, 0.05) is 0 Å². The lowest BCUT2D eigenvalue weighted by Gasteiger charge is -2.04. The highest BCUT2D eigenvalue weighted by Gasteiger charge is 2.00. The van der Waals surface area contributed by atoms with Crippen molar-refractivity contribution >= 4 is 11.6 Å². The fourth-order valence-corrected chi connectivity index (χ4v) is 0.958. The minimum Gasteiger partial charge on any atom is -0.390 e. The van der Waals surface area contributed by atoms with Gasteiger partial charge in [0.2, 0.25) is 5.91 Å². The maximum Gasteiger partial charge on any atom is 0.238 e. The Balaban J connectivity index is 2.55. The number of pyridine rings is 1. The highest BCUT2D eigenvalue weighted by atomic mass is 16.3. The van der Waals surface area contributed by atoms with Crippen molar-refractivity contribution in [1.82, 2.24) is 10.3 Å². The molecule has 0 aliphatic heterocycles. The first-order valence-electron chi connectivity index (χ1n) is 4.26. The Kier molecular flexibility index (Phi) is 4.03. The summed E-state index contributed by atoms with van der Waals surface area (Å²) in [6, 6.07) is 3.36. The Morgan fingerprint density at radius 2 is 2.36 bits per heavy atom. The van der Waals surface area contributed by atoms with Gasteiger partial charge in [-0.05, 0) is 19.2 Å². The van der Waals surface area contributed by atoms with Gasteiger partial charge in [-0.3, -0.25) is 9.78 Å². The zero-order chi connectivity index (χ0) is 10.4. The number of hydrogen-bond donors (Lipinski definition) is 3. The molecule has 0 spiro atoms. The molecule has 14 heavy (non-hydrogen) atoms. The molecule has 0 aromatic carbocycles. The van der Waals surface area contributed by atoms with Crippen LogP contribution in [0.25, 0.3) is 0 Å². The van der Waals surface area contributed by atoms with Gasteiger partial charge < -0.3 is 15.7 Å². The minimum absolute atomic E-state index is 0.0925. The van der Waals surface area contributed by atoms with Gasteiger partial charge in [0.05, 0.1) is 30.7 Å². The highest BCUT2D eigenvalue weighted by molar-refractivity contribution is 5.91. The van der Waals surface area contributed by atoms with Crippen LogP contribution < -0.4 is 10.6 Å². The molecular formula is C9H13N3O2. The van der Waals surface area contributed by atoms with Crippen LogP contribution in [0.2, 0.25) is 0 Å². The Bertz CT molecular complexity index is 297. The fraction of sp³-hybridized carbons (Fsp3) is 0.333. The molecular weight excluding hydrogens is 182 g/mol. The summed E-state index contributed by atoms with van der Waals surface area (Å²) in [7, 11) is 1.70. The standard InChI is InChI=1S/C9H13N3O2/c1-10-5-9(14)12-7-2-3-8(6-13)11-4-7/h2-4,10,13H,5-6H2,1H3,(H,12,14). The maximum atomic E-state index is 11.1. The number of hydrogen-bond acceptors (Lipinski definition) is 4. The van der Waals surface area contributed by atoms with Crippen LogP contribution >= 0.6 is 0 Å². The van der Waals surface area contributed by atoms with E-state index in [1.165, 1.54) is 6.20 Å². The third-order valence-corrected chi connectivity index (χ3v) is 1.61. The van der Waals surface area contributed by atoms with Crippen molar-refractivity contribution in [3.63, 3.8) is 0 Å². The quantitative estimate of drug-likeness (QED) is 0.618. The number of likely N-dealkylation sites (N-methyl/N-ethyl adjacent to an activating group) is 1. The van der Waals surface area contributed by atoms with E-state index in [9.17, 15) is 4.79 Å². The third-order valence-electron chi connectivity index (χ3n) is 1.61. The van der Waals surface area contributed by atoms with Gasteiger partial charge >= 0.3 is 0 Å². The monoisotopic (exact) mass is 195 g/mol. The molecule has 0 aliphatic rings. The van der Waals surface area contributed by atoms with Gasteiger partial charge in [-0.15, -0.1) is 0 Å². The van der Waals surface area contributed by atoms with Crippen LogP contribution in [-0.4, -0.2) is 29.6 Å². The van der Waals surface area contributed by atoms with Crippen molar-refractivity contribution in [2.75, 3.05) is 18.9 Å². The first kappa shape index (κ1) is 10.6. The summed E-state index contributed by atoms with van der Waals surface area (Å²) in [6.07, 6.45) is 1.51. The molecule has 5 nitrogen and oxygen atoms in total. The molecule has 0 radical (unpaired) electrons. The molecule has 76 valence electrons. The largest absolute Gasteiger partial charge is 0.390 e. The summed E-state index contributed by atoms with van der Waals surface area (Å²) in [4.78, 5) is 15.0. The second kappa shape index (κ2) is 5.31. The van der Waals surface area contributed by atoms with Crippen molar-refractivity contribution in [2.24, 2.45) is 0 Å². The molecule has 1 amide bonds. The second-order valence-corrected chi connectivity index (χ2v) is 2.77. The van der Waals surface area contributed by atoms with E-state index < -0.39 is 0 Å². The molecule has 0 saturated carbocycles. The van der Waals surface area contributed by atoms with Crippen molar-refractivity contribution in [3.8, 4) is 0 Å². The highest BCUT2D eigenvalue weighted by Crippen LogP contribution is 2.05. The zero-order valence-electron chi connectivity index (χ0n) is 7.95. The van der Waals surface area contributed by atoms with Gasteiger partial charge in [-0.25, -0.2) is 0 Å². The molecule has 0 atom stereocenters. The van der Waals surface area contributed by atoms with Gasteiger partial charge in [0.15, 0.2) is 0 Å². The second-order valence-electron chi connectivity index (χ2n) is 2.77. The Morgan fingerprint density at radius 3 is 2.86 bits per heavy atom. The number of nitrogens with zero attached hydrogens (tertiary/aromatic N) is 1. The van der Waals surface area contributed by atoms with Crippen molar-refractivity contribution in [3.05, 3.63) is 24.0 Å². The molecule has 1 heterocycles. The van der Waals surface area contributed by atoms with Crippen LogP contribution in [0, 0.1) is 0 Å². The van der Waals surface area contributed by atoms with E-state index in [0.717, 1.165) is 0 Å². The van der Waals surface area contributed by atoms with E-state index >= 15 is 0 Å². The van der Waals surface area contributed by atoms with Gasteiger partial charge in [0.25, 0.3) is 0 Å². The lowest BCUT2D eigenvalue weighted by Crippen LogP contribution is -2.25. The minimum atomic E-state index is -0.119. The molecule has 0 fully saturated rings. The molecule has 0 bridgehead atoms. The molecule has 0 unspecified atom stereocenters. The normalized spacial score (nSPS) is 9.86. The van der Waals surface area contributed by atoms with Crippen molar-refractivity contribution < 1.29 is 9.90 Å². The molecule has 0 aliphatic carbocycles. The molecule has 1 aromatic rings. The summed E-state index contributed by atoms with van der Waals surface area (Å²) in [5, 5.41) is 14.1.